The highest BCUT2D eigenvalue weighted by Crippen LogP contribution is 2.27. The molecule has 0 aromatic rings. The fourth-order valence-corrected chi connectivity index (χ4v) is 1.15. The molecule has 0 aromatic heterocycles. The van der Waals surface area contributed by atoms with E-state index in [4.69, 9.17) is 0 Å². The number of nitrogens with one attached hydrogen (secondary N) is 1. The van der Waals surface area contributed by atoms with E-state index in [-0.39, 0.29) is 6.42 Å². The summed E-state index contributed by atoms with van der Waals surface area (Å²) < 4.78 is 36.2. The van der Waals surface area contributed by atoms with Gasteiger partial charge in [0.25, 0.3) is 0 Å². The first-order chi connectivity index (χ1) is 5.25. The van der Waals surface area contributed by atoms with Crippen LogP contribution < -0.4 is 5.06 Å². The van der Waals surface area contributed by atoms with Crippen LogP contribution in [0.3, 0.4) is 0 Å². The summed E-state index contributed by atoms with van der Waals surface area (Å²) in [6.45, 7) is 3.04. The number of rotatable bonds is 0. The second-order valence-electron chi connectivity index (χ2n) is 3.53. The van der Waals surface area contributed by atoms with Crippen molar-refractivity contribution in [2.45, 2.75) is 32.0 Å². The van der Waals surface area contributed by atoms with Gasteiger partial charge in [0.1, 0.15) is 0 Å². The minimum absolute atomic E-state index is 0.181. The summed E-state index contributed by atoms with van der Waals surface area (Å²) in [5, 5.41) is 10.3. The van der Waals surface area contributed by atoms with Gasteiger partial charge in [-0.2, -0.15) is 13.2 Å². The van der Waals surface area contributed by atoms with E-state index in [2.05, 4.69) is 0 Å². The summed E-state index contributed by atoms with van der Waals surface area (Å²) >= 11 is 0. The van der Waals surface area contributed by atoms with E-state index in [1.807, 2.05) is 0 Å². The highest BCUT2D eigenvalue weighted by molar-refractivity contribution is 5.07. The molecule has 1 aliphatic heterocycles. The van der Waals surface area contributed by atoms with Gasteiger partial charge in [-0.3, -0.25) is 0 Å². The molecular formula is C7H10F3NO. The maximum absolute atomic E-state index is 12.1. The summed E-state index contributed by atoms with van der Waals surface area (Å²) in [6.07, 6.45) is -3.33. The van der Waals surface area contributed by atoms with Gasteiger partial charge >= 0.3 is 6.18 Å². The second kappa shape index (κ2) is 2.47. The number of quaternary nitrogens is 1. The predicted molar refractivity (Wildman–Crippen MR) is 37.2 cm³/mol. The lowest BCUT2D eigenvalue weighted by molar-refractivity contribution is -0.863. The summed E-state index contributed by atoms with van der Waals surface area (Å²) in [4.78, 5) is 0. The molecule has 1 heterocycles. The van der Waals surface area contributed by atoms with Crippen molar-refractivity contribution in [3.8, 4) is 0 Å². The highest BCUT2D eigenvalue weighted by atomic mass is 19.4. The molecule has 5 heteroatoms. The van der Waals surface area contributed by atoms with Crippen LogP contribution in [-0.4, -0.2) is 11.7 Å². The molecule has 0 aromatic carbocycles. The highest BCUT2D eigenvalue weighted by Gasteiger charge is 2.47. The van der Waals surface area contributed by atoms with Crippen molar-refractivity contribution in [1.29, 1.82) is 0 Å². The van der Waals surface area contributed by atoms with Crippen LogP contribution in [-0.2, 0) is 0 Å². The smallest absolute Gasteiger partial charge is 0.466 e. The Bertz CT molecular complexity index is 219. The van der Waals surface area contributed by atoms with Crippen LogP contribution >= 0.6 is 0 Å². The molecule has 1 unspecified atom stereocenters. The molecule has 0 fully saturated rings. The predicted octanol–water partition coefficient (Wildman–Crippen LogP) is 0.998. The van der Waals surface area contributed by atoms with E-state index >= 15 is 0 Å². The maximum Gasteiger partial charge on any atom is 0.466 e. The summed E-state index contributed by atoms with van der Waals surface area (Å²) in [5.74, 6) is 0. The molecule has 0 spiro atoms. The van der Waals surface area contributed by atoms with E-state index in [1.54, 1.807) is 0 Å². The Labute approximate surface area is 68.2 Å². The molecule has 0 bridgehead atoms. The van der Waals surface area contributed by atoms with E-state index in [1.165, 1.54) is 13.8 Å². The van der Waals surface area contributed by atoms with Gasteiger partial charge < -0.3 is 10.3 Å². The topological polar surface area (TPSA) is 27.5 Å². The van der Waals surface area contributed by atoms with Crippen molar-refractivity contribution in [2.24, 2.45) is 0 Å². The average Bonchev–Trinajstić information content (AvgIpc) is 2.06. The lowest BCUT2D eigenvalue weighted by Gasteiger charge is -2.33. The van der Waals surface area contributed by atoms with Gasteiger partial charge in [-0.25, -0.2) is 0 Å². The van der Waals surface area contributed by atoms with Crippen molar-refractivity contribution in [3.05, 3.63) is 17.0 Å². The molecule has 0 radical (unpaired) electrons. The number of hydrogen-bond donors (Lipinski definition) is 1. The summed E-state index contributed by atoms with van der Waals surface area (Å²) in [7, 11) is 0. The van der Waals surface area contributed by atoms with Gasteiger partial charge in [-0.1, -0.05) is 0 Å². The fraction of sp³-hybridized carbons (Fsp3) is 0.714. The van der Waals surface area contributed by atoms with Gasteiger partial charge in [0.15, 0.2) is 0 Å². The van der Waals surface area contributed by atoms with Crippen molar-refractivity contribution >= 4 is 0 Å². The van der Waals surface area contributed by atoms with Gasteiger partial charge in [-0.05, 0) is 19.9 Å². The molecule has 1 aliphatic rings. The average molecular weight is 181 g/mol. The van der Waals surface area contributed by atoms with Crippen LogP contribution in [0, 0.1) is 5.21 Å². The van der Waals surface area contributed by atoms with Crippen LogP contribution in [0.5, 0.6) is 0 Å². The van der Waals surface area contributed by atoms with E-state index in [0.29, 0.717) is 0 Å². The molecule has 1 atom stereocenters. The Kier molecular flexibility index (Phi) is 1.96. The largest absolute Gasteiger partial charge is 0.628 e. The van der Waals surface area contributed by atoms with Gasteiger partial charge in [0, 0.05) is 6.42 Å². The Morgan fingerprint density at radius 1 is 1.50 bits per heavy atom. The molecule has 0 amide bonds. The number of halogens is 3. The first-order valence-corrected chi connectivity index (χ1v) is 3.57. The first-order valence-electron chi connectivity index (χ1n) is 3.57. The standard InChI is InChI=1S/C7H10F3NO/c1-6(2)4-3-5(11(6)12)7(8,9)10/h3,11H,4H2,1-2H3. The zero-order chi connectivity index (χ0) is 9.57. The maximum atomic E-state index is 12.1. The minimum atomic E-state index is -4.48. The Morgan fingerprint density at radius 2 is 2.00 bits per heavy atom. The molecule has 70 valence electrons. The van der Waals surface area contributed by atoms with E-state index in [0.717, 1.165) is 6.08 Å². The lowest BCUT2D eigenvalue weighted by atomic mass is 10.0. The molecule has 1 N–H and O–H groups in total. The van der Waals surface area contributed by atoms with Crippen LogP contribution in [0.25, 0.3) is 0 Å². The van der Waals surface area contributed by atoms with Crippen LogP contribution in [0.15, 0.2) is 11.8 Å². The quantitative estimate of drug-likeness (QED) is 0.554. The zero-order valence-electron chi connectivity index (χ0n) is 6.83. The van der Waals surface area contributed by atoms with Gasteiger partial charge in [0.2, 0.25) is 5.70 Å². The Hall–Kier alpha value is -0.550. The third-order valence-corrected chi connectivity index (χ3v) is 1.98. The van der Waals surface area contributed by atoms with E-state index in [9.17, 15) is 18.4 Å². The Balaban J connectivity index is 2.86. The molecule has 1 rings (SSSR count). The molecule has 0 saturated carbocycles. The number of allylic oxidation sites excluding steroid dienone is 1. The lowest BCUT2D eigenvalue weighted by Crippen LogP contribution is -3.13. The fourth-order valence-electron chi connectivity index (χ4n) is 1.15. The summed E-state index contributed by atoms with van der Waals surface area (Å²) in [6, 6.07) is 0. The van der Waals surface area contributed by atoms with Crippen LogP contribution in [0.2, 0.25) is 0 Å². The molecule has 2 nitrogen and oxygen atoms in total. The third-order valence-electron chi connectivity index (χ3n) is 1.98. The molecule has 12 heavy (non-hydrogen) atoms. The van der Waals surface area contributed by atoms with Gasteiger partial charge in [0.05, 0.1) is 5.54 Å². The van der Waals surface area contributed by atoms with Gasteiger partial charge in [-0.15, -0.1) is 0 Å². The van der Waals surface area contributed by atoms with E-state index < -0.39 is 22.5 Å². The SMILES string of the molecule is CC1(C)CC=C(C(F)(F)F)[NH+]1[O-]. The first kappa shape index (κ1) is 9.54. The molecular weight excluding hydrogens is 171 g/mol. The van der Waals surface area contributed by atoms with Crippen LogP contribution in [0.1, 0.15) is 20.3 Å². The van der Waals surface area contributed by atoms with Crippen molar-refractivity contribution < 1.29 is 18.2 Å². The van der Waals surface area contributed by atoms with Crippen molar-refractivity contribution in [3.63, 3.8) is 0 Å². The Morgan fingerprint density at radius 3 is 2.17 bits per heavy atom. The third kappa shape index (κ3) is 1.47. The second-order valence-corrected chi connectivity index (χ2v) is 3.53. The zero-order valence-corrected chi connectivity index (χ0v) is 6.83. The molecule has 0 aliphatic carbocycles. The minimum Gasteiger partial charge on any atom is -0.628 e. The van der Waals surface area contributed by atoms with Crippen LogP contribution in [0.4, 0.5) is 13.2 Å². The summed E-state index contributed by atoms with van der Waals surface area (Å²) in [5.41, 5.74) is -1.86. The normalized spacial score (nSPS) is 28.8. The van der Waals surface area contributed by atoms with Crippen molar-refractivity contribution in [2.75, 3.05) is 0 Å². The number of alkyl halides is 3. The number of hydroxylamine groups is 2. The van der Waals surface area contributed by atoms with Crippen molar-refractivity contribution in [1.82, 2.24) is 0 Å². The molecule has 0 saturated heterocycles. The monoisotopic (exact) mass is 181 g/mol. The number of hydrogen-bond acceptors (Lipinski definition) is 1.